The van der Waals surface area contributed by atoms with Gasteiger partial charge in [0.25, 0.3) is 0 Å². The van der Waals surface area contributed by atoms with Gasteiger partial charge in [0, 0.05) is 0 Å². The molecule has 0 aliphatic carbocycles. The molecule has 1 aromatic carbocycles. The topological polar surface area (TPSA) is 59.1 Å². The molecule has 0 aromatic heterocycles. The van der Waals surface area contributed by atoms with Crippen LogP contribution in [0.3, 0.4) is 0 Å². The SMILES string of the molecule is Cc1cccc(OCC(C(=N)N)C(F)(F)F)c1C. The van der Waals surface area contributed by atoms with Crippen molar-refractivity contribution < 1.29 is 17.9 Å². The van der Waals surface area contributed by atoms with Crippen molar-refractivity contribution in [2.24, 2.45) is 11.7 Å². The molecule has 0 saturated heterocycles. The lowest BCUT2D eigenvalue weighted by Crippen LogP contribution is -2.39. The zero-order chi connectivity index (χ0) is 13.9. The number of alkyl halides is 3. The summed E-state index contributed by atoms with van der Waals surface area (Å²) in [5, 5.41) is 6.95. The van der Waals surface area contributed by atoms with E-state index in [1.165, 1.54) is 0 Å². The third-order valence-corrected chi connectivity index (χ3v) is 2.73. The number of hydrogen-bond donors (Lipinski definition) is 2. The standard InChI is InChI=1S/C12H15F3N2O/c1-7-4-3-5-10(8(7)2)18-6-9(11(16)17)12(13,14)15/h3-5,9H,6H2,1-2H3,(H3,16,17). The van der Waals surface area contributed by atoms with Crippen LogP contribution in [0, 0.1) is 25.2 Å². The Kier molecular flexibility index (Phi) is 4.21. The predicted molar refractivity (Wildman–Crippen MR) is 62.9 cm³/mol. The molecule has 0 aliphatic heterocycles. The molecule has 0 spiro atoms. The van der Waals surface area contributed by atoms with Crippen LogP contribution in [-0.4, -0.2) is 18.6 Å². The maximum absolute atomic E-state index is 12.6. The fraction of sp³-hybridized carbons (Fsp3) is 0.417. The number of nitrogens with one attached hydrogen (secondary N) is 1. The minimum atomic E-state index is -4.57. The van der Waals surface area contributed by atoms with Gasteiger partial charge in [-0.1, -0.05) is 12.1 Å². The molecule has 0 saturated carbocycles. The van der Waals surface area contributed by atoms with Crippen molar-refractivity contribution in [2.75, 3.05) is 6.61 Å². The van der Waals surface area contributed by atoms with E-state index in [2.05, 4.69) is 0 Å². The summed E-state index contributed by atoms with van der Waals surface area (Å²) < 4.78 is 42.8. The molecular weight excluding hydrogens is 245 g/mol. The Labute approximate surface area is 103 Å². The number of hydrogen-bond acceptors (Lipinski definition) is 2. The summed E-state index contributed by atoms with van der Waals surface area (Å²) in [7, 11) is 0. The smallest absolute Gasteiger partial charge is 0.401 e. The minimum Gasteiger partial charge on any atom is -0.492 e. The third-order valence-electron chi connectivity index (χ3n) is 2.73. The number of aryl methyl sites for hydroxylation is 1. The van der Waals surface area contributed by atoms with E-state index in [1.54, 1.807) is 19.1 Å². The van der Waals surface area contributed by atoms with Gasteiger partial charge in [-0.3, -0.25) is 5.41 Å². The molecule has 18 heavy (non-hydrogen) atoms. The van der Waals surface area contributed by atoms with Gasteiger partial charge in [0.1, 0.15) is 24.1 Å². The Hall–Kier alpha value is -1.72. The van der Waals surface area contributed by atoms with E-state index in [9.17, 15) is 13.2 Å². The fourth-order valence-electron chi connectivity index (χ4n) is 1.41. The van der Waals surface area contributed by atoms with E-state index in [0.717, 1.165) is 11.1 Å². The van der Waals surface area contributed by atoms with Crippen LogP contribution in [0.1, 0.15) is 11.1 Å². The van der Waals surface area contributed by atoms with Crippen LogP contribution in [0.25, 0.3) is 0 Å². The zero-order valence-electron chi connectivity index (χ0n) is 10.1. The molecule has 1 atom stereocenters. The van der Waals surface area contributed by atoms with Crippen molar-refractivity contribution in [3.8, 4) is 5.75 Å². The van der Waals surface area contributed by atoms with Gasteiger partial charge in [-0.15, -0.1) is 0 Å². The van der Waals surface area contributed by atoms with Gasteiger partial charge in [-0.2, -0.15) is 13.2 Å². The van der Waals surface area contributed by atoms with Crippen LogP contribution in [0.2, 0.25) is 0 Å². The van der Waals surface area contributed by atoms with E-state index in [-0.39, 0.29) is 0 Å². The van der Waals surface area contributed by atoms with Crippen molar-refractivity contribution >= 4 is 5.84 Å². The van der Waals surface area contributed by atoms with Crippen LogP contribution < -0.4 is 10.5 Å². The molecule has 6 heteroatoms. The Bertz CT molecular complexity index is 443. The fourth-order valence-corrected chi connectivity index (χ4v) is 1.41. The van der Waals surface area contributed by atoms with Gasteiger partial charge in [0.15, 0.2) is 0 Å². The van der Waals surface area contributed by atoms with Gasteiger partial charge in [0.2, 0.25) is 0 Å². The van der Waals surface area contributed by atoms with Gasteiger partial charge >= 0.3 is 6.18 Å². The number of ether oxygens (including phenoxy) is 1. The maximum Gasteiger partial charge on any atom is 0.401 e. The highest BCUT2D eigenvalue weighted by atomic mass is 19.4. The summed E-state index contributed by atoms with van der Waals surface area (Å²) in [6.45, 7) is 2.93. The predicted octanol–water partition coefficient (Wildman–Crippen LogP) is 2.80. The molecule has 1 unspecified atom stereocenters. The van der Waals surface area contributed by atoms with Crippen LogP contribution in [0.15, 0.2) is 18.2 Å². The number of halogens is 3. The third kappa shape index (κ3) is 3.38. The zero-order valence-corrected chi connectivity index (χ0v) is 10.1. The summed E-state index contributed by atoms with van der Waals surface area (Å²) in [6.07, 6.45) is -4.57. The Balaban J connectivity index is 2.80. The molecule has 0 radical (unpaired) electrons. The summed E-state index contributed by atoms with van der Waals surface area (Å²) in [5.74, 6) is -2.63. The first kappa shape index (κ1) is 14.3. The lowest BCUT2D eigenvalue weighted by atomic mass is 10.1. The summed E-state index contributed by atoms with van der Waals surface area (Å²) in [4.78, 5) is 0. The summed E-state index contributed by atoms with van der Waals surface area (Å²) in [5.41, 5.74) is 6.65. The van der Waals surface area contributed by atoms with Crippen LogP contribution in [0.4, 0.5) is 13.2 Å². The molecule has 0 fully saturated rings. The highest BCUT2D eigenvalue weighted by molar-refractivity contribution is 5.80. The van der Waals surface area contributed by atoms with Crippen molar-refractivity contribution in [3.05, 3.63) is 29.3 Å². The summed E-state index contributed by atoms with van der Waals surface area (Å²) in [6, 6.07) is 5.14. The molecule has 0 bridgehead atoms. The lowest BCUT2D eigenvalue weighted by Gasteiger charge is -2.20. The number of benzene rings is 1. The largest absolute Gasteiger partial charge is 0.492 e. The first-order chi connectivity index (χ1) is 8.23. The first-order valence-electron chi connectivity index (χ1n) is 5.33. The second kappa shape index (κ2) is 5.29. The van der Waals surface area contributed by atoms with Crippen molar-refractivity contribution in [2.45, 2.75) is 20.0 Å². The monoisotopic (exact) mass is 260 g/mol. The average Bonchev–Trinajstić information content (AvgIpc) is 2.22. The number of rotatable bonds is 4. The van der Waals surface area contributed by atoms with Gasteiger partial charge in [-0.05, 0) is 31.0 Å². The molecule has 1 aromatic rings. The van der Waals surface area contributed by atoms with Crippen molar-refractivity contribution in [1.82, 2.24) is 0 Å². The lowest BCUT2D eigenvalue weighted by molar-refractivity contribution is -0.162. The quantitative estimate of drug-likeness (QED) is 0.646. The Morgan fingerprint density at radius 1 is 1.39 bits per heavy atom. The highest BCUT2D eigenvalue weighted by Crippen LogP contribution is 2.28. The van der Waals surface area contributed by atoms with Crippen LogP contribution >= 0.6 is 0 Å². The van der Waals surface area contributed by atoms with Gasteiger partial charge < -0.3 is 10.5 Å². The molecule has 0 amide bonds. The number of nitrogens with two attached hydrogens (primary N) is 1. The van der Waals surface area contributed by atoms with E-state index < -0.39 is 24.5 Å². The number of amidine groups is 1. The molecular formula is C12H15F3N2O. The average molecular weight is 260 g/mol. The van der Waals surface area contributed by atoms with Crippen molar-refractivity contribution in [1.29, 1.82) is 5.41 Å². The van der Waals surface area contributed by atoms with Crippen LogP contribution in [-0.2, 0) is 0 Å². The summed E-state index contributed by atoms with van der Waals surface area (Å²) >= 11 is 0. The molecule has 3 nitrogen and oxygen atoms in total. The Morgan fingerprint density at radius 2 is 2.00 bits per heavy atom. The highest BCUT2D eigenvalue weighted by Gasteiger charge is 2.42. The second-order valence-electron chi connectivity index (χ2n) is 4.06. The molecule has 3 N–H and O–H groups in total. The van der Waals surface area contributed by atoms with E-state index >= 15 is 0 Å². The first-order valence-corrected chi connectivity index (χ1v) is 5.33. The Morgan fingerprint density at radius 3 is 2.50 bits per heavy atom. The molecule has 0 aliphatic rings. The molecule has 0 heterocycles. The molecule has 1 rings (SSSR count). The van der Waals surface area contributed by atoms with E-state index in [1.807, 2.05) is 13.0 Å². The van der Waals surface area contributed by atoms with Gasteiger partial charge in [0.05, 0.1) is 0 Å². The van der Waals surface area contributed by atoms with Crippen LogP contribution in [0.5, 0.6) is 5.75 Å². The normalized spacial score (nSPS) is 13.2. The van der Waals surface area contributed by atoms with Crippen molar-refractivity contribution in [3.63, 3.8) is 0 Å². The van der Waals surface area contributed by atoms with E-state index in [4.69, 9.17) is 15.9 Å². The van der Waals surface area contributed by atoms with E-state index in [0.29, 0.717) is 5.75 Å². The second-order valence-corrected chi connectivity index (χ2v) is 4.06. The molecule has 100 valence electrons. The maximum atomic E-state index is 12.6. The van der Waals surface area contributed by atoms with Gasteiger partial charge in [-0.25, -0.2) is 0 Å². The minimum absolute atomic E-state index is 0.380.